The molecular weight excluding hydrogens is 380 g/mol. The maximum atomic E-state index is 5.54. The van der Waals surface area contributed by atoms with Gasteiger partial charge < -0.3 is 4.74 Å². The number of hydrogen-bond acceptors (Lipinski definition) is 3. The van der Waals surface area contributed by atoms with E-state index in [0.717, 1.165) is 5.75 Å². The highest BCUT2D eigenvalue weighted by atomic mass is 16.5. The number of ether oxygens (including phenoxy) is 1. The molecule has 2 aromatic rings. The van der Waals surface area contributed by atoms with E-state index < -0.39 is 0 Å². The maximum Gasteiger partial charge on any atom is 0.118 e. The Morgan fingerprint density at radius 1 is 0.742 bits per heavy atom. The Kier molecular flexibility index (Phi) is 6.13. The zero-order chi connectivity index (χ0) is 21.1. The molecule has 0 bridgehead atoms. The Bertz CT molecular complexity index is 877. The van der Waals surface area contributed by atoms with Crippen molar-refractivity contribution in [1.82, 2.24) is 4.90 Å². The van der Waals surface area contributed by atoms with Gasteiger partial charge in [-0.1, -0.05) is 87.4 Å². The summed E-state index contributed by atoms with van der Waals surface area (Å²) in [4.78, 5) is 8.29. The molecule has 3 heteroatoms. The van der Waals surface area contributed by atoms with Crippen LogP contribution >= 0.6 is 0 Å². The third kappa shape index (κ3) is 4.17. The van der Waals surface area contributed by atoms with Gasteiger partial charge in [0.2, 0.25) is 0 Å². The van der Waals surface area contributed by atoms with Crippen LogP contribution in [0.4, 0.5) is 0 Å². The molecule has 0 radical (unpaired) electrons. The Labute approximate surface area is 187 Å². The lowest BCUT2D eigenvalue weighted by Crippen LogP contribution is -2.34. The van der Waals surface area contributed by atoms with Crippen molar-refractivity contribution in [3.05, 3.63) is 65.7 Å². The molecule has 2 fully saturated rings. The standard InChI is InChI=1S/C28H36N2O/c1-31-24-18-16-23(17-19-24)26-27-25(22-14-10-9-11-15-22)29-28(30(26)27)20-12-7-5-3-2-4-6-8-13-21-28/h9-11,14-19,26-27H,2-8,12-13,20-21H2,1H3/t26-,27+,30?/m0/s1. The van der Waals surface area contributed by atoms with Crippen LogP contribution in [-0.2, 0) is 0 Å². The minimum Gasteiger partial charge on any atom is -0.497 e. The molecule has 0 aromatic heterocycles. The summed E-state index contributed by atoms with van der Waals surface area (Å²) in [6, 6.07) is 20.5. The van der Waals surface area contributed by atoms with Crippen LogP contribution in [0.15, 0.2) is 59.6 Å². The lowest BCUT2D eigenvalue weighted by molar-refractivity contribution is 0.182. The number of aliphatic imine (C=N–C) groups is 1. The number of methoxy groups -OCH3 is 1. The first-order valence-electron chi connectivity index (χ1n) is 12.4. The van der Waals surface area contributed by atoms with E-state index in [2.05, 4.69) is 59.5 Å². The second-order valence-electron chi connectivity index (χ2n) is 9.60. The van der Waals surface area contributed by atoms with Gasteiger partial charge in [-0.25, -0.2) is 0 Å². The summed E-state index contributed by atoms with van der Waals surface area (Å²) < 4.78 is 5.40. The molecule has 3 aliphatic rings. The van der Waals surface area contributed by atoms with Crippen LogP contribution in [0.2, 0.25) is 0 Å². The maximum absolute atomic E-state index is 5.54. The molecule has 164 valence electrons. The molecule has 0 N–H and O–H groups in total. The van der Waals surface area contributed by atoms with E-state index in [4.69, 9.17) is 9.73 Å². The van der Waals surface area contributed by atoms with E-state index in [9.17, 15) is 0 Å². The average Bonchev–Trinajstić information content (AvgIpc) is 3.47. The predicted molar refractivity (Wildman–Crippen MR) is 128 cm³/mol. The lowest BCUT2D eigenvalue weighted by Gasteiger charge is -2.31. The fourth-order valence-corrected chi connectivity index (χ4v) is 5.92. The zero-order valence-electron chi connectivity index (χ0n) is 18.9. The molecule has 1 saturated carbocycles. The normalized spacial score (nSPS) is 28.2. The van der Waals surface area contributed by atoms with Crippen LogP contribution in [0.25, 0.3) is 0 Å². The van der Waals surface area contributed by atoms with Gasteiger partial charge in [0, 0.05) is 0 Å². The number of fused-ring (bicyclic) bond motifs is 2. The van der Waals surface area contributed by atoms with E-state index >= 15 is 0 Å². The molecule has 31 heavy (non-hydrogen) atoms. The van der Waals surface area contributed by atoms with Crippen LogP contribution in [0.3, 0.4) is 0 Å². The molecule has 0 amide bonds. The first-order chi connectivity index (χ1) is 15.3. The van der Waals surface area contributed by atoms with Gasteiger partial charge in [0.05, 0.1) is 24.9 Å². The molecular formula is C28H36N2O. The quantitative estimate of drug-likeness (QED) is 0.507. The highest BCUT2D eigenvalue weighted by Gasteiger charge is 2.64. The Morgan fingerprint density at radius 3 is 1.90 bits per heavy atom. The van der Waals surface area contributed by atoms with Crippen LogP contribution in [-0.4, -0.2) is 29.4 Å². The Morgan fingerprint density at radius 2 is 1.32 bits per heavy atom. The monoisotopic (exact) mass is 416 g/mol. The Balaban J connectivity index is 1.47. The fourth-order valence-electron chi connectivity index (χ4n) is 5.92. The van der Waals surface area contributed by atoms with Gasteiger partial charge in [0.25, 0.3) is 0 Å². The highest BCUT2D eigenvalue weighted by Crippen LogP contribution is 2.58. The Hall–Kier alpha value is -2.13. The molecule has 1 saturated heterocycles. The first kappa shape index (κ1) is 20.8. The van der Waals surface area contributed by atoms with Crippen molar-refractivity contribution in [2.75, 3.05) is 7.11 Å². The fraction of sp³-hybridized carbons (Fsp3) is 0.536. The van der Waals surface area contributed by atoms with Crippen molar-refractivity contribution in [3.8, 4) is 5.75 Å². The summed E-state index contributed by atoms with van der Waals surface area (Å²) in [6.07, 6.45) is 14.7. The van der Waals surface area contributed by atoms with Crippen molar-refractivity contribution in [3.63, 3.8) is 0 Å². The third-order valence-electron chi connectivity index (χ3n) is 7.58. The number of rotatable bonds is 3. The molecule has 1 unspecified atom stereocenters. The van der Waals surface area contributed by atoms with Gasteiger partial charge >= 0.3 is 0 Å². The second-order valence-corrected chi connectivity index (χ2v) is 9.60. The molecule has 5 rings (SSSR count). The van der Waals surface area contributed by atoms with E-state index in [1.807, 2.05) is 0 Å². The van der Waals surface area contributed by atoms with Gasteiger partial charge in [0.1, 0.15) is 11.4 Å². The molecule has 2 heterocycles. The number of nitrogens with zero attached hydrogens (tertiary/aromatic N) is 2. The smallest absolute Gasteiger partial charge is 0.118 e. The third-order valence-corrected chi connectivity index (χ3v) is 7.58. The van der Waals surface area contributed by atoms with E-state index in [0.29, 0.717) is 12.1 Å². The van der Waals surface area contributed by atoms with Crippen molar-refractivity contribution in [1.29, 1.82) is 0 Å². The SMILES string of the molecule is COc1ccc([C@H]2[C@H]3C(c4ccccc4)=NC4(CCCCCCCCCCC4)N32)cc1. The van der Waals surface area contributed by atoms with Crippen LogP contribution in [0.5, 0.6) is 5.75 Å². The molecule has 1 spiro atoms. The molecule has 2 aromatic carbocycles. The van der Waals surface area contributed by atoms with Crippen molar-refractivity contribution < 1.29 is 4.74 Å². The summed E-state index contributed by atoms with van der Waals surface area (Å²) in [7, 11) is 1.74. The summed E-state index contributed by atoms with van der Waals surface area (Å²) in [5.41, 5.74) is 4.00. The van der Waals surface area contributed by atoms with Crippen molar-refractivity contribution >= 4 is 5.71 Å². The van der Waals surface area contributed by atoms with Crippen LogP contribution in [0.1, 0.15) is 87.8 Å². The average molecular weight is 417 g/mol. The first-order valence-corrected chi connectivity index (χ1v) is 12.4. The summed E-state index contributed by atoms with van der Waals surface area (Å²) in [5, 5.41) is 0. The molecule has 1 aliphatic carbocycles. The minimum atomic E-state index is -0.0143. The van der Waals surface area contributed by atoms with Gasteiger partial charge in [-0.15, -0.1) is 0 Å². The van der Waals surface area contributed by atoms with E-state index in [1.54, 1.807) is 7.11 Å². The van der Waals surface area contributed by atoms with Crippen LogP contribution < -0.4 is 4.74 Å². The molecule has 2 aliphatic heterocycles. The lowest BCUT2D eigenvalue weighted by atomic mass is 9.92. The largest absolute Gasteiger partial charge is 0.497 e. The zero-order valence-corrected chi connectivity index (χ0v) is 18.9. The number of benzene rings is 2. The summed E-state index contributed by atoms with van der Waals surface area (Å²) in [6.45, 7) is 0. The van der Waals surface area contributed by atoms with E-state index in [1.165, 1.54) is 87.5 Å². The van der Waals surface area contributed by atoms with Crippen LogP contribution in [0, 0.1) is 0 Å². The predicted octanol–water partition coefficient (Wildman–Crippen LogP) is 6.92. The van der Waals surface area contributed by atoms with Gasteiger partial charge in [-0.05, 0) is 48.9 Å². The highest BCUT2D eigenvalue weighted by molar-refractivity contribution is 6.08. The topological polar surface area (TPSA) is 24.6 Å². The van der Waals surface area contributed by atoms with Gasteiger partial charge in [-0.2, -0.15) is 0 Å². The summed E-state index contributed by atoms with van der Waals surface area (Å²) >= 11 is 0. The second kappa shape index (κ2) is 9.16. The summed E-state index contributed by atoms with van der Waals surface area (Å²) in [5.74, 6) is 0.933. The minimum absolute atomic E-state index is 0.0143. The van der Waals surface area contributed by atoms with Gasteiger partial charge in [-0.3, -0.25) is 9.89 Å². The molecule has 3 nitrogen and oxygen atoms in total. The van der Waals surface area contributed by atoms with E-state index in [-0.39, 0.29) is 5.66 Å². The number of hydrogen-bond donors (Lipinski definition) is 0. The van der Waals surface area contributed by atoms with Gasteiger partial charge in [0.15, 0.2) is 0 Å². The van der Waals surface area contributed by atoms with Crippen molar-refractivity contribution in [2.45, 2.75) is 88.4 Å². The molecule has 3 atom stereocenters. The van der Waals surface area contributed by atoms with Crippen molar-refractivity contribution in [2.24, 2.45) is 4.99 Å².